The predicted molar refractivity (Wildman–Crippen MR) is 77.7 cm³/mol. The molecule has 1 aromatic heterocycles. The van der Waals surface area contributed by atoms with Gasteiger partial charge in [0, 0.05) is 18.2 Å². The molecule has 1 aliphatic rings. The van der Waals surface area contributed by atoms with Gasteiger partial charge in [0.15, 0.2) is 0 Å². The van der Waals surface area contributed by atoms with E-state index in [0.717, 1.165) is 18.4 Å². The molecule has 1 heterocycles. The van der Waals surface area contributed by atoms with E-state index in [9.17, 15) is 4.79 Å². The highest BCUT2D eigenvalue weighted by atomic mass is 16.4. The fourth-order valence-corrected chi connectivity index (χ4v) is 3.91. The van der Waals surface area contributed by atoms with E-state index in [1.807, 2.05) is 0 Å². The van der Waals surface area contributed by atoms with E-state index in [-0.39, 0.29) is 5.76 Å². The monoisotopic (exact) mass is 279 g/mol. The molecule has 4 heteroatoms. The van der Waals surface area contributed by atoms with Gasteiger partial charge < -0.3 is 14.8 Å². The summed E-state index contributed by atoms with van der Waals surface area (Å²) in [6, 6.07) is 2.15. The molecule has 4 nitrogen and oxygen atoms in total. The zero-order valence-corrected chi connectivity index (χ0v) is 12.8. The maximum absolute atomic E-state index is 11.0. The molecule has 112 valence electrons. The molecule has 1 fully saturated rings. The van der Waals surface area contributed by atoms with Gasteiger partial charge >= 0.3 is 5.97 Å². The molecular formula is C16H25NO3. The molecule has 2 rings (SSSR count). The van der Waals surface area contributed by atoms with Gasteiger partial charge in [-0.1, -0.05) is 27.7 Å². The largest absolute Gasteiger partial charge is 0.475 e. The van der Waals surface area contributed by atoms with Gasteiger partial charge in [0.1, 0.15) is 0 Å². The van der Waals surface area contributed by atoms with Crippen LogP contribution in [0.3, 0.4) is 0 Å². The van der Waals surface area contributed by atoms with Crippen molar-refractivity contribution in [1.82, 2.24) is 5.32 Å². The zero-order valence-electron chi connectivity index (χ0n) is 12.8. The second-order valence-corrected chi connectivity index (χ2v) is 7.57. The van der Waals surface area contributed by atoms with Crippen LogP contribution in [0.25, 0.3) is 0 Å². The molecule has 0 aliphatic heterocycles. The number of rotatable bonds is 4. The Labute approximate surface area is 120 Å². The van der Waals surface area contributed by atoms with E-state index < -0.39 is 5.97 Å². The van der Waals surface area contributed by atoms with Gasteiger partial charge in [0.25, 0.3) is 0 Å². The highest BCUT2D eigenvalue weighted by Gasteiger charge is 2.38. The van der Waals surface area contributed by atoms with Crippen LogP contribution in [-0.2, 0) is 6.54 Å². The Morgan fingerprint density at radius 2 is 1.95 bits per heavy atom. The average Bonchev–Trinajstić information content (AvgIpc) is 2.69. The van der Waals surface area contributed by atoms with Gasteiger partial charge in [-0.05, 0) is 36.2 Å². The number of furan rings is 1. The number of carbonyl (C=O) groups is 1. The molecule has 0 unspecified atom stereocenters. The van der Waals surface area contributed by atoms with Crippen LogP contribution >= 0.6 is 0 Å². The van der Waals surface area contributed by atoms with E-state index in [2.05, 4.69) is 33.0 Å². The summed E-state index contributed by atoms with van der Waals surface area (Å²) in [6.45, 7) is 9.79. The first-order chi connectivity index (χ1) is 9.19. The molecule has 1 aromatic rings. The Bertz CT molecular complexity index is 472. The summed E-state index contributed by atoms with van der Waals surface area (Å²) < 4.78 is 5.01. The van der Waals surface area contributed by atoms with Crippen LogP contribution < -0.4 is 5.32 Å². The maximum Gasteiger partial charge on any atom is 0.372 e. The van der Waals surface area contributed by atoms with Gasteiger partial charge in [-0.3, -0.25) is 0 Å². The van der Waals surface area contributed by atoms with Crippen molar-refractivity contribution in [2.45, 2.75) is 59.5 Å². The Balaban J connectivity index is 2.00. The van der Waals surface area contributed by atoms with Crippen LogP contribution in [0.4, 0.5) is 0 Å². The number of hydrogen-bond donors (Lipinski definition) is 2. The molecular weight excluding hydrogens is 254 g/mol. The lowest BCUT2D eigenvalue weighted by Crippen LogP contribution is -2.43. The SMILES string of the molecule is CC1(C)CC(NCc2ccoc2C(=O)O)CC(C)(C)C1. The number of hydrogen-bond acceptors (Lipinski definition) is 3. The first-order valence-corrected chi connectivity index (χ1v) is 7.22. The second-order valence-electron chi connectivity index (χ2n) is 7.57. The molecule has 0 radical (unpaired) electrons. The normalized spacial score (nSPS) is 21.8. The van der Waals surface area contributed by atoms with Crippen LogP contribution in [0, 0.1) is 10.8 Å². The van der Waals surface area contributed by atoms with Crippen LogP contribution in [0.1, 0.15) is 63.1 Å². The van der Waals surface area contributed by atoms with Crippen molar-refractivity contribution < 1.29 is 14.3 Å². The van der Waals surface area contributed by atoms with Gasteiger partial charge in [0.05, 0.1) is 6.26 Å². The van der Waals surface area contributed by atoms with Gasteiger partial charge in [-0.15, -0.1) is 0 Å². The van der Waals surface area contributed by atoms with Crippen molar-refractivity contribution in [2.75, 3.05) is 0 Å². The fourth-order valence-electron chi connectivity index (χ4n) is 3.91. The summed E-state index contributed by atoms with van der Waals surface area (Å²) in [4.78, 5) is 11.0. The van der Waals surface area contributed by atoms with Crippen molar-refractivity contribution in [3.8, 4) is 0 Å². The average molecular weight is 279 g/mol. The summed E-state index contributed by atoms with van der Waals surface area (Å²) in [7, 11) is 0. The van der Waals surface area contributed by atoms with Crippen LogP contribution in [0.2, 0.25) is 0 Å². The standard InChI is InChI=1S/C16H25NO3/c1-15(2)7-12(8-16(3,4)10-15)17-9-11-5-6-20-13(11)14(18)19/h5-6,12,17H,7-10H2,1-4H3,(H,18,19). The van der Waals surface area contributed by atoms with Crippen molar-refractivity contribution in [1.29, 1.82) is 0 Å². The Hall–Kier alpha value is -1.29. The van der Waals surface area contributed by atoms with Gasteiger partial charge in [-0.2, -0.15) is 0 Å². The van der Waals surface area contributed by atoms with E-state index in [1.165, 1.54) is 12.7 Å². The van der Waals surface area contributed by atoms with E-state index >= 15 is 0 Å². The summed E-state index contributed by atoms with van der Waals surface area (Å²) in [5.74, 6) is -0.956. The lowest BCUT2D eigenvalue weighted by atomic mass is 9.63. The Morgan fingerprint density at radius 3 is 2.50 bits per heavy atom. The highest BCUT2D eigenvalue weighted by Crippen LogP contribution is 2.45. The van der Waals surface area contributed by atoms with Crippen molar-refractivity contribution >= 4 is 5.97 Å². The molecule has 2 N–H and O–H groups in total. The molecule has 1 aliphatic carbocycles. The van der Waals surface area contributed by atoms with Crippen LogP contribution in [0.15, 0.2) is 16.7 Å². The van der Waals surface area contributed by atoms with Gasteiger partial charge in [-0.25, -0.2) is 4.79 Å². The van der Waals surface area contributed by atoms with E-state index in [1.54, 1.807) is 6.07 Å². The lowest BCUT2D eigenvalue weighted by Gasteiger charge is -2.45. The number of carboxylic acid groups (broad SMARTS) is 1. The molecule has 0 atom stereocenters. The number of carboxylic acids is 1. The Morgan fingerprint density at radius 1 is 1.35 bits per heavy atom. The summed E-state index contributed by atoms with van der Waals surface area (Å²) in [6.07, 6.45) is 4.91. The molecule has 0 spiro atoms. The summed E-state index contributed by atoms with van der Waals surface area (Å²) in [5.41, 5.74) is 1.37. The van der Waals surface area contributed by atoms with Crippen molar-refractivity contribution in [2.24, 2.45) is 10.8 Å². The van der Waals surface area contributed by atoms with E-state index in [4.69, 9.17) is 9.52 Å². The van der Waals surface area contributed by atoms with Crippen LogP contribution in [-0.4, -0.2) is 17.1 Å². The highest BCUT2D eigenvalue weighted by molar-refractivity contribution is 5.86. The molecule has 1 saturated carbocycles. The molecule has 0 saturated heterocycles. The predicted octanol–water partition coefficient (Wildman–Crippen LogP) is 3.67. The molecule has 20 heavy (non-hydrogen) atoms. The topological polar surface area (TPSA) is 62.5 Å². The lowest BCUT2D eigenvalue weighted by molar-refractivity contribution is 0.0657. The third-order valence-corrected chi connectivity index (χ3v) is 4.08. The third kappa shape index (κ3) is 3.63. The first kappa shape index (κ1) is 15.1. The molecule has 0 bridgehead atoms. The fraction of sp³-hybridized carbons (Fsp3) is 0.688. The maximum atomic E-state index is 11.0. The molecule has 0 aromatic carbocycles. The minimum absolute atomic E-state index is 0.0480. The number of aromatic carboxylic acids is 1. The zero-order chi connectivity index (χ0) is 15.0. The Kier molecular flexibility index (Phi) is 3.96. The molecule has 0 amide bonds. The van der Waals surface area contributed by atoms with Crippen LogP contribution in [0.5, 0.6) is 0 Å². The quantitative estimate of drug-likeness (QED) is 0.882. The minimum Gasteiger partial charge on any atom is -0.475 e. The summed E-state index contributed by atoms with van der Waals surface area (Å²) >= 11 is 0. The van der Waals surface area contributed by atoms with Crippen molar-refractivity contribution in [3.63, 3.8) is 0 Å². The second kappa shape index (κ2) is 5.24. The van der Waals surface area contributed by atoms with Gasteiger partial charge in [0.2, 0.25) is 5.76 Å². The van der Waals surface area contributed by atoms with E-state index in [0.29, 0.717) is 23.4 Å². The first-order valence-electron chi connectivity index (χ1n) is 7.22. The third-order valence-electron chi connectivity index (χ3n) is 4.08. The number of nitrogens with one attached hydrogen (secondary N) is 1. The smallest absolute Gasteiger partial charge is 0.372 e. The van der Waals surface area contributed by atoms with Crippen molar-refractivity contribution in [3.05, 3.63) is 23.7 Å². The minimum atomic E-state index is -1.00. The summed E-state index contributed by atoms with van der Waals surface area (Å²) in [5, 5.41) is 12.5.